The second kappa shape index (κ2) is 9.18. The Bertz CT molecular complexity index is 917. The minimum absolute atomic E-state index is 0.125. The normalized spacial score (nSPS) is 19.4. The molecular weight excluding hydrogens is 410 g/mol. The fourth-order valence-corrected chi connectivity index (χ4v) is 4.01. The van der Waals surface area contributed by atoms with Crippen molar-refractivity contribution in [3.05, 3.63) is 30.6 Å². The zero-order chi connectivity index (χ0) is 22.7. The first kappa shape index (κ1) is 22.1. The maximum atomic E-state index is 12.9. The van der Waals surface area contributed by atoms with Crippen LogP contribution in [-0.4, -0.2) is 75.4 Å². The summed E-state index contributed by atoms with van der Waals surface area (Å²) < 4.78 is 11.3. The molecule has 2 aromatic heterocycles. The number of aromatic nitrogens is 3. The van der Waals surface area contributed by atoms with Crippen molar-refractivity contribution in [2.75, 3.05) is 32.8 Å². The first-order chi connectivity index (χ1) is 15.3. The highest BCUT2D eigenvalue weighted by molar-refractivity contribution is 5.82. The van der Waals surface area contributed by atoms with E-state index in [9.17, 15) is 9.59 Å². The van der Waals surface area contributed by atoms with Crippen LogP contribution in [-0.2, 0) is 9.53 Å². The number of amides is 2. The van der Waals surface area contributed by atoms with Gasteiger partial charge < -0.3 is 19.3 Å². The molecule has 0 unspecified atom stereocenters. The SMILES string of the molecule is CC(C)(C)OC(=O)N1CC(C(=O)N2CCC[C@@H](COc3ccc(-c4ccn[nH]4)nc3)C2)C1. The Kier molecular flexibility index (Phi) is 6.34. The van der Waals surface area contributed by atoms with Crippen molar-refractivity contribution in [3.8, 4) is 17.1 Å². The molecule has 2 saturated heterocycles. The van der Waals surface area contributed by atoms with Gasteiger partial charge in [-0.2, -0.15) is 5.10 Å². The van der Waals surface area contributed by atoms with Crippen molar-refractivity contribution in [2.24, 2.45) is 11.8 Å². The lowest BCUT2D eigenvalue weighted by Gasteiger charge is -2.42. The van der Waals surface area contributed by atoms with Crippen LogP contribution in [0.15, 0.2) is 30.6 Å². The predicted molar refractivity (Wildman–Crippen MR) is 118 cm³/mol. The highest BCUT2D eigenvalue weighted by Crippen LogP contribution is 2.25. The molecule has 4 rings (SSSR count). The summed E-state index contributed by atoms with van der Waals surface area (Å²) in [6.07, 6.45) is 5.04. The Morgan fingerprint density at radius 2 is 1.97 bits per heavy atom. The van der Waals surface area contributed by atoms with Crippen LogP contribution < -0.4 is 4.74 Å². The zero-order valence-electron chi connectivity index (χ0n) is 18.9. The molecule has 0 saturated carbocycles. The number of pyridine rings is 1. The number of carbonyl (C=O) groups excluding carboxylic acids is 2. The van der Waals surface area contributed by atoms with E-state index in [4.69, 9.17) is 9.47 Å². The van der Waals surface area contributed by atoms with Crippen molar-refractivity contribution in [3.63, 3.8) is 0 Å². The number of piperidine rings is 1. The standard InChI is InChI=1S/C23H31N5O4/c1-23(2,3)32-22(30)28-13-17(14-28)21(29)27-10-4-5-16(12-27)15-31-18-6-7-19(24-11-18)20-8-9-25-26-20/h6-9,11,16-17H,4-5,10,12-15H2,1-3H3,(H,25,26)/t16-/m1/s1. The molecule has 1 atom stereocenters. The highest BCUT2D eigenvalue weighted by Gasteiger charge is 2.40. The molecular formula is C23H31N5O4. The minimum Gasteiger partial charge on any atom is -0.492 e. The number of rotatable bonds is 5. The maximum absolute atomic E-state index is 12.9. The fourth-order valence-electron chi connectivity index (χ4n) is 4.01. The monoisotopic (exact) mass is 441 g/mol. The first-order valence-corrected chi connectivity index (χ1v) is 11.1. The number of hydrogen-bond acceptors (Lipinski definition) is 6. The summed E-state index contributed by atoms with van der Waals surface area (Å²) in [7, 11) is 0. The van der Waals surface area contributed by atoms with Gasteiger partial charge in [0.2, 0.25) is 5.91 Å². The largest absolute Gasteiger partial charge is 0.492 e. The highest BCUT2D eigenvalue weighted by atomic mass is 16.6. The van der Waals surface area contributed by atoms with Gasteiger partial charge in [0.15, 0.2) is 0 Å². The van der Waals surface area contributed by atoms with Gasteiger partial charge in [0.1, 0.15) is 11.4 Å². The minimum atomic E-state index is -0.527. The molecule has 9 heteroatoms. The van der Waals surface area contributed by atoms with Crippen molar-refractivity contribution in [1.29, 1.82) is 0 Å². The number of H-pyrrole nitrogens is 1. The van der Waals surface area contributed by atoms with Crippen molar-refractivity contribution in [2.45, 2.75) is 39.2 Å². The average Bonchev–Trinajstić information content (AvgIpc) is 3.25. The molecule has 0 radical (unpaired) electrons. The Morgan fingerprint density at radius 1 is 1.16 bits per heavy atom. The molecule has 32 heavy (non-hydrogen) atoms. The van der Waals surface area contributed by atoms with Crippen molar-refractivity contribution in [1.82, 2.24) is 25.0 Å². The summed E-state index contributed by atoms with van der Waals surface area (Å²) in [5.41, 5.74) is 1.14. The van der Waals surface area contributed by atoms with Gasteiger partial charge in [0.25, 0.3) is 0 Å². The lowest BCUT2D eigenvalue weighted by Crippen LogP contribution is -2.58. The summed E-state index contributed by atoms with van der Waals surface area (Å²) in [5.74, 6) is 0.979. The number of aromatic amines is 1. The number of nitrogens with one attached hydrogen (secondary N) is 1. The summed E-state index contributed by atoms with van der Waals surface area (Å²) >= 11 is 0. The van der Waals surface area contributed by atoms with Gasteiger partial charge in [-0.3, -0.25) is 14.9 Å². The maximum Gasteiger partial charge on any atom is 0.410 e. The van der Waals surface area contributed by atoms with Gasteiger partial charge in [-0.25, -0.2) is 4.79 Å². The lowest BCUT2D eigenvalue weighted by molar-refractivity contribution is -0.142. The number of carbonyl (C=O) groups is 2. The van der Waals surface area contributed by atoms with E-state index in [1.807, 2.05) is 43.9 Å². The van der Waals surface area contributed by atoms with Crippen LogP contribution in [0.5, 0.6) is 5.75 Å². The predicted octanol–water partition coefficient (Wildman–Crippen LogP) is 2.96. The molecule has 0 bridgehead atoms. The Balaban J connectivity index is 1.22. The molecule has 0 aromatic carbocycles. The molecule has 0 spiro atoms. The van der Waals surface area contributed by atoms with Crippen LogP contribution in [0.25, 0.3) is 11.4 Å². The molecule has 2 aliphatic rings. The van der Waals surface area contributed by atoms with Crippen LogP contribution in [0.1, 0.15) is 33.6 Å². The number of hydrogen-bond donors (Lipinski definition) is 1. The Morgan fingerprint density at radius 3 is 2.62 bits per heavy atom. The molecule has 2 aliphatic heterocycles. The third-order valence-corrected chi connectivity index (χ3v) is 5.71. The topological polar surface area (TPSA) is 101 Å². The van der Waals surface area contributed by atoms with E-state index in [1.54, 1.807) is 17.3 Å². The second-order valence-corrected chi connectivity index (χ2v) is 9.54. The molecule has 9 nitrogen and oxygen atoms in total. The van der Waals surface area contributed by atoms with Crippen molar-refractivity contribution < 1.29 is 19.1 Å². The van der Waals surface area contributed by atoms with Crippen LogP contribution in [0, 0.1) is 11.8 Å². The fraction of sp³-hybridized carbons (Fsp3) is 0.565. The van der Waals surface area contributed by atoms with Gasteiger partial charge in [-0.15, -0.1) is 0 Å². The smallest absolute Gasteiger partial charge is 0.410 e. The first-order valence-electron chi connectivity index (χ1n) is 11.1. The van der Waals surface area contributed by atoms with Gasteiger partial charge in [-0.05, 0) is 51.8 Å². The summed E-state index contributed by atoms with van der Waals surface area (Å²) in [4.78, 5) is 32.9. The number of ether oxygens (including phenoxy) is 2. The van der Waals surface area contributed by atoms with E-state index >= 15 is 0 Å². The van der Waals surface area contributed by atoms with E-state index in [0.717, 1.165) is 30.8 Å². The van der Waals surface area contributed by atoms with E-state index in [-0.39, 0.29) is 23.8 Å². The van der Waals surface area contributed by atoms with Crippen LogP contribution >= 0.6 is 0 Å². The summed E-state index contributed by atoms with van der Waals surface area (Å²) in [6.45, 7) is 8.37. The molecule has 1 N–H and O–H groups in total. The van der Waals surface area contributed by atoms with E-state index in [0.29, 0.717) is 32.0 Å². The van der Waals surface area contributed by atoms with Gasteiger partial charge in [-0.1, -0.05) is 0 Å². The van der Waals surface area contributed by atoms with Crippen LogP contribution in [0.2, 0.25) is 0 Å². The molecule has 172 valence electrons. The van der Waals surface area contributed by atoms with Crippen LogP contribution in [0.3, 0.4) is 0 Å². The van der Waals surface area contributed by atoms with E-state index < -0.39 is 5.60 Å². The second-order valence-electron chi connectivity index (χ2n) is 9.54. The van der Waals surface area contributed by atoms with Crippen molar-refractivity contribution >= 4 is 12.0 Å². The van der Waals surface area contributed by atoms with Gasteiger partial charge >= 0.3 is 6.09 Å². The Hall–Kier alpha value is -3.10. The average molecular weight is 442 g/mol. The number of likely N-dealkylation sites (tertiary alicyclic amines) is 2. The lowest BCUT2D eigenvalue weighted by atomic mass is 9.94. The Labute approximate surface area is 188 Å². The van der Waals surface area contributed by atoms with Gasteiger partial charge in [0.05, 0.1) is 30.1 Å². The summed E-state index contributed by atoms with van der Waals surface area (Å²) in [5, 5.41) is 6.82. The molecule has 0 aliphatic carbocycles. The van der Waals surface area contributed by atoms with Crippen LogP contribution in [0.4, 0.5) is 4.79 Å². The molecule has 2 fully saturated rings. The molecule has 2 aromatic rings. The quantitative estimate of drug-likeness (QED) is 0.766. The van der Waals surface area contributed by atoms with E-state index in [1.165, 1.54) is 0 Å². The van der Waals surface area contributed by atoms with Gasteiger partial charge in [0, 0.05) is 38.3 Å². The third kappa shape index (κ3) is 5.38. The van der Waals surface area contributed by atoms with E-state index in [2.05, 4.69) is 15.2 Å². The summed E-state index contributed by atoms with van der Waals surface area (Å²) in [6, 6.07) is 5.66. The zero-order valence-corrected chi connectivity index (χ0v) is 18.9. The molecule has 2 amide bonds. The third-order valence-electron chi connectivity index (χ3n) is 5.71. The number of nitrogens with zero attached hydrogens (tertiary/aromatic N) is 4. The molecule has 4 heterocycles.